The van der Waals surface area contributed by atoms with Crippen LogP contribution in [0.5, 0.6) is 0 Å². The van der Waals surface area contributed by atoms with Gasteiger partial charge in [-0.05, 0) is 31.2 Å². The van der Waals surface area contributed by atoms with Crippen molar-refractivity contribution in [2.75, 3.05) is 26.2 Å². The van der Waals surface area contributed by atoms with Crippen LogP contribution in [-0.4, -0.2) is 54.0 Å². The van der Waals surface area contributed by atoms with Crippen molar-refractivity contribution in [1.82, 2.24) is 9.80 Å². The summed E-state index contributed by atoms with van der Waals surface area (Å²) < 4.78 is 5.98. The Morgan fingerprint density at radius 2 is 1.76 bits per heavy atom. The lowest BCUT2D eigenvalue weighted by molar-refractivity contribution is -0.139. The highest BCUT2D eigenvalue weighted by Crippen LogP contribution is 2.22. The smallest absolute Gasteiger partial charge is 0.314 e. The molecule has 0 bridgehead atoms. The molecule has 2 aliphatic rings. The molecule has 0 spiro atoms. The molecule has 2 heterocycles. The quantitative estimate of drug-likeness (QED) is 0.907. The van der Waals surface area contributed by atoms with E-state index < -0.39 is 6.03 Å². The van der Waals surface area contributed by atoms with Crippen LogP contribution in [0.15, 0.2) is 30.3 Å². The van der Waals surface area contributed by atoms with Crippen LogP contribution in [0.3, 0.4) is 0 Å². The lowest BCUT2D eigenvalue weighted by Crippen LogP contribution is -2.50. The van der Waals surface area contributed by atoms with E-state index in [0.29, 0.717) is 19.7 Å². The van der Waals surface area contributed by atoms with Crippen molar-refractivity contribution in [2.24, 2.45) is 11.7 Å². The van der Waals surface area contributed by atoms with Crippen LogP contribution >= 0.6 is 0 Å². The van der Waals surface area contributed by atoms with Gasteiger partial charge in [0.25, 0.3) is 0 Å². The maximum Gasteiger partial charge on any atom is 0.314 e. The Hall–Kier alpha value is -2.08. The number of piperidine rings is 2. The Kier molecular flexibility index (Phi) is 5.91. The Morgan fingerprint density at radius 3 is 2.44 bits per heavy atom. The summed E-state index contributed by atoms with van der Waals surface area (Å²) in [5.74, 6) is 0.0514. The maximum absolute atomic E-state index is 12.7. The summed E-state index contributed by atoms with van der Waals surface area (Å²) in [6, 6.07) is 9.72. The molecule has 0 aliphatic carbocycles. The zero-order chi connectivity index (χ0) is 17.6. The number of carbonyl (C=O) groups excluding carboxylic acids is 2. The second-order valence-corrected chi connectivity index (χ2v) is 6.94. The number of urea groups is 1. The summed E-state index contributed by atoms with van der Waals surface area (Å²) in [5.41, 5.74) is 6.53. The van der Waals surface area contributed by atoms with Crippen LogP contribution in [0.1, 0.15) is 31.2 Å². The van der Waals surface area contributed by atoms with Crippen molar-refractivity contribution < 1.29 is 14.3 Å². The molecule has 2 aliphatic heterocycles. The summed E-state index contributed by atoms with van der Waals surface area (Å²) in [7, 11) is 0. The van der Waals surface area contributed by atoms with Gasteiger partial charge >= 0.3 is 6.03 Å². The van der Waals surface area contributed by atoms with Gasteiger partial charge in [0.05, 0.1) is 18.6 Å². The van der Waals surface area contributed by atoms with Crippen molar-refractivity contribution in [3.63, 3.8) is 0 Å². The molecule has 3 rings (SSSR count). The molecule has 0 radical (unpaired) electrons. The second kappa shape index (κ2) is 8.34. The molecule has 0 saturated carbocycles. The highest BCUT2D eigenvalue weighted by molar-refractivity contribution is 5.80. The van der Waals surface area contributed by atoms with E-state index in [1.54, 1.807) is 4.90 Å². The standard InChI is InChI=1S/C19H27N3O3/c20-19(24)22-10-4-7-16(13-22)18(23)21-11-8-17(9-12-21)25-14-15-5-2-1-3-6-15/h1-3,5-6,16-17H,4,7-14H2,(H2,20,24)/t16-/m0/s1. The van der Waals surface area contributed by atoms with E-state index in [2.05, 4.69) is 12.1 Å². The number of rotatable bonds is 4. The average molecular weight is 345 g/mol. The first-order chi connectivity index (χ1) is 12.1. The fourth-order valence-electron chi connectivity index (χ4n) is 3.67. The van der Waals surface area contributed by atoms with Crippen molar-refractivity contribution >= 4 is 11.9 Å². The maximum atomic E-state index is 12.7. The Bertz CT molecular complexity index is 585. The molecule has 1 aromatic rings. The lowest BCUT2D eigenvalue weighted by Gasteiger charge is -2.37. The molecule has 1 atom stereocenters. The van der Waals surface area contributed by atoms with E-state index in [1.165, 1.54) is 5.56 Å². The zero-order valence-corrected chi connectivity index (χ0v) is 14.6. The molecule has 6 heteroatoms. The third-order valence-electron chi connectivity index (χ3n) is 5.16. The van der Waals surface area contributed by atoms with Crippen molar-refractivity contribution in [1.29, 1.82) is 0 Å². The third-order valence-corrected chi connectivity index (χ3v) is 5.16. The number of carbonyl (C=O) groups is 2. The Morgan fingerprint density at radius 1 is 1.04 bits per heavy atom. The molecule has 2 N–H and O–H groups in total. The first kappa shape index (κ1) is 17.7. The normalized spacial score (nSPS) is 22.0. The fraction of sp³-hybridized carbons (Fsp3) is 0.579. The van der Waals surface area contributed by atoms with Gasteiger partial charge in [0, 0.05) is 26.2 Å². The van der Waals surface area contributed by atoms with Crippen LogP contribution in [0.4, 0.5) is 4.79 Å². The van der Waals surface area contributed by atoms with Gasteiger partial charge < -0.3 is 20.3 Å². The Labute approximate surface area is 148 Å². The first-order valence-electron chi connectivity index (χ1n) is 9.12. The molecule has 1 aromatic carbocycles. The summed E-state index contributed by atoms with van der Waals surface area (Å²) in [4.78, 5) is 27.6. The molecular weight excluding hydrogens is 318 g/mol. The fourth-order valence-corrected chi connectivity index (χ4v) is 3.67. The Balaban J connectivity index is 1.43. The molecule has 6 nitrogen and oxygen atoms in total. The van der Waals surface area contributed by atoms with Crippen LogP contribution < -0.4 is 5.73 Å². The van der Waals surface area contributed by atoms with Crippen molar-refractivity contribution in [3.8, 4) is 0 Å². The number of hydrogen-bond acceptors (Lipinski definition) is 3. The lowest BCUT2D eigenvalue weighted by atomic mass is 9.95. The molecule has 3 amide bonds. The van der Waals surface area contributed by atoms with Crippen LogP contribution in [0, 0.1) is 5.92 Å². The average Bonchev–Trinajstić information content (AvgIpc) is 2.67. The molecule has 2 fully saturated rings. The summed E-state index contributed by atoms with van der Waals surface area (Å²) in [6.07, 6.45) is 3.62. The summed E-state index contributed by atoms with van der Waals surface area (Å²) >= 11 is 0. The first-order valence-corrected chi connectivity index (χ1v) is 9.12. The predicted molar refractivity (Wildman–Crippen MR) is 94.7 cm³/mol. The molecule has 25 heavy (non-hydrogen) atoms. The van der Waals surface area contributed by atoms with Crippen LogP contribution in [0.25, 0.3) is 0 Å². The van der Waals surface area contributed by atoms with Gasteiger partial charge in [-0.3, -0.25) is 4.79 Å². The molecular formula is C19H27N3O3. The highest BCUT2D eigenvalue weighted by atomic mass is 16.5. The topological polar surface area (TPSA) is 75.9 Å². The van der Waals surface area contributed by atoms with E-state index in [-0.39, 0.29) is 17.9 Å². The predicted octanol–water partition coefficient (Wildman–Crippen LogP) is 1.98. The largest absolute Gasteiger partial charge is 0.373 e. The van der Waals surface area contributed by atoms with Gasteiger partial charge in [-0.25, -0.2) is 4.79 Å². The number of amides is 3. The minimum atomic E-state index is -0.425. The number of ether oxygens (including phenoxy) is 1. The number of nitrogens with two attached hydrogens (primary N) is 1. The van der Waals surface area contributed by atoms with Gasteiger partial charge in [-0.15, -0.1) is 0 Å². The van der Waals surface area contributed by atoms with Gasteiger partial charge in [-0.1, -0.05) is 30.3 Å². The highest BCUT2D eigenvalue weighted by Gasteiger charge is 2.32. The zero-order valence-electron chi connectivity index (χ0n) is 14.6. The van der Waals surface area contributed by atoms with Crippen LogP contribution in [0.2, 0.25) is 0 Å². The van der Waals surface area contributed by atoms with Crippen LogP contribution in [-0.2, 0) is 16.1 Å². The molecule has 0 aromatic heterocycles. The van der Waals surface area contributed by atoms with Crippen molar-refractivity contribution in [2.45, 2.75) is 38.4 Å². The van der Waals surface area contributed by atoms with E-state index in [1.807, 2.05) is 23.1 Å². The van der Waals surface area contributed by atoms with Gasteiger partial charge in [-0.2, -0.15) is 0 Å². The number of hydrogen-bond donors (Lipinski definition) is 1. The molecule has 136 valence electrons. The SMILES string of the molecule is NC(=O)N1CCC[C@H](C(=O)N2CCC(OCc3ccccc3)CC2)C1. The van der Waals surface area contributed by atoms with Gasteiger partial charge in [0.15, 0.2) is 0 Å². The van der Waals surface area contributed by atoms with Gasteiger partial charge in [0.2, 0.25) is 5.91 Å². The van der Waals surface area contributed by atoms with E-state index in [0.717, 1.165) is 38.8 Å². The third kappa shape index (κ3) is 4.72. The van der Waals surface area contributed by atoms with E-state index in [4.69, 9.17) is 10.5 Å². The minimum Gasteiger partial charge on any atom is -0.373 e. The number of primary amides is 1. The molecule has 0 unspecified atom stereocenters. The van der Waals surface area contributed by atoms with Crippen molar-refractivity contribution in [3.05, 3.63) is 35.9 Å². The summed E-state index contributed by atoms with van der Waals surface area (Å²) in [6.45, 7) is 3.19. The van der Waals surface area contributed by atoms with Gasteiger partial charge in [0.1, 0.15) is 0 Å². The number of benzene rings is 1. The number of likely N-dealkylation sites (tertiary alicyclic amines) is 2. The number of nitrogens with zero attached hydrogens (tertiary/aromatic N) is 2. The minimum absolute atomic E-state index is 0.108. The second-order valence-electron chi connectivity index (χ2n) is 6.94. The summed E-state index contributed by atoms with van der Waals surface area (Å²) in [5, 5.41) is 0. The molecule has 2 saturated heterocycles. The van der Waals surface area contributed by atoms with E-state index >= 15 is 0 Å². The van der Waals surface area contributed by atoms with E-state index in [9.17, 15) is 9.59 Å². The monoisotopic (exact) mass is 345 g/mol.